The van der Waals surface area contributed by atoms with Gasteiger partial charge in [0.2, 0.25) is 5.91 Å². The summed E-state index contributed by atoms with van der Waals surface area (Å²) in [6, 6.07) is 6.22. The van der Waals surface area contributed by atoms with Crippen molar-refractivity contribution in [2.24, 2.45) is 5.92 Å². The predicted molar refractivity (Wildman–Crippen MR) is 92.9 cm³/mol. The highest BCUT2D eigenvalue weighted by atomic mass is 16.4. The van der Waals surface area contributed by atoms with Crippen LogP contribution in [0.1, 0.15) is 36.8 Å². The molecule has 5 heteroatoms. The number of amides is 1. The third kappa shape index (κ3) is 3.78. The largest absolute Gasteiger partial charge is 0.481 e. The predicted octanol–water partition coefficient (Wildman–Crippen LogP) is 3.12. The fourth-order valence-electron chi connectivity index (χ4n) is 3.58. The summed E-state index contributed by atoms with van der Waals surface area (Å²) in [7, 11) is 0. The minimum Gasteiger partial charge on any atom is -0.481 e. The summed E-state index contributed by atoms with van der Waals surface area (Å²) >= 11 is 0. The van der Waals surface area contributed by atoms with Crippen molar-refractivity contribution >= 4 is 22.8 Å². The number of piperidine rings is 1. The molecule has 1 aromatic heterocycles. The Bertz CT molecular complexity index is 750. The molecular weight excluding hydrogens is 304 g/mol. The van der Waals surface area contributed by atoms with Crippen LogP contribution in [0.5, 0.6) is 0 Å². The first kappa shape index (κ1) is 16.6. The quantitative estimate of drug-likeness (QED) is 0.885. The van der Waals surface area contributed by atoms with Crippen LogP contribution in [-0.4, -0.2) is 40.0 Å². The molecule has 1 amide bonds. The van der Waals surface area contributed by atoms with Gasteiger partial charge in [-0.25, -0.2) is 0 Å². The number of H-pyrrole nitrogens is 1. The maximum Gasteiger partial charge on any atom is 0.303 e. The van der Waals surface area contributed by atoms with Crippen molar-refractivity contribution in [1.29, 1.82) is 0 Å². The van der Waals surface area contributed by atoms with Crippen LogP contribution in [-0.2, 0) is 16.0 Å². The number of carboxylic acids is 1. The molecule has 0 unspecified atom stereocenters. The molecule has 2 heterocycles. The second kappa shape index (κ2) is 7.07. The number of likely N-dealkylation sites (tertiary alicyclic amines) is 1. The maximum absolute atomic E-state index is 12.7. The first-order chi connectivity index (χ1) is 11.5. The Hall–Kier alpha value is -2.30. The lowest BCUT2D eigenvalue weighted by Crippen LogP contribution is -2.40. The molecule has 0 saturated carbocycles. The van der Waals surface area contributed by atoms with Crippen LogP contribution in [0.3, 0.4) is 0 Å². The van der Waals surface area contributed by atoms with E-state index in [-0.39, 0.29) is 12.3 Å². The molecule has 5 nitrogen and oxygen atoms in total. The molecule has 0 bridgehead atoms. The average molecular weight is 328 g/mol. The van der Waals surface area contributed by atoms with Crippen LogP contribution in [0.15, 0.2) is 24.4 Å². The number of aromatic nitrogens is 1. The van der Waals surface area contributed by atoms with Gasteiger partial charge in [0.05, 0.1) is 6.42 Å². The van der Waals surface area contributed by atoms with Gasteiger partial charge in [0, 0.05) is 36.6 Å². The number of hydrogen-bond acceptors (Lipinski definition) is 2. The minimum atomic E-state index is -0.757. The first-order valence-corrected chi connectivity index (χ1v) is 8.59. The van der Waals surface area contributed by atoms with Crippen LogP contribution in [0, 0.1) is 12.8 Å². The molecule has 1 aromatic carbocycles. The number of fused-ring (bicyclic) bond motifs is 1. The normalized spacial score (nSPS) is 18.0. The van der Waals surface area contributed by atoms with E-state index < -0.39 is 5.97 Å². The standard InChI is InChI=1S/C19H24N2O3/c1-13-4-6-16-15(11-20-17(16)9-13)10-18(22)21-8-2-3-14(12-21)5-7-19(23)24/h4,6,9,11,14,20H,2-3,5,7-8,10,12H2,1H3,(H,23,24)/t14-/m1/s1. The van der Waals surface area contributed by atoms with Crippen molar-refractivity contribution in [3.8, 4) is 0 Å². The molecule has 1 aliphatic heterocycles. The molecule has 1 aliphatic rings. The van der Waals surface area contributed by atoms with E-state index in [1.54, 1.807) is 0 Å². The number of rotatable bonds is 5. The molecule has 128 valence electrons. The van der Waals surface area contributed by atoms with Crippen molar-refractivity contribution in [1.82, 2.24) is 9.88 Å². The lowest BCUT2D eigenvalue weighted by atomic mass is 9.93. The number of carboxylic acid groups (broad SMARTS) is 1. The monoisotopic (exact) mass is 328 g/mol. The van der Waals surface area contributed by atoms with Gasteiger partial charge in [0.1, 0.15) is 0 Å². The smallest absolute Gasteiger partial charge is 0.303 e. The number of carbonyl (C=O) groups is 2. The molecule has 0 spiro atoms. The molecular formula is C19H24N2O3. The van der Waals surface area contributed by atoms with E-state index in [1.165, 1.54) is 5.56 Å². The fraction of sp³-hybridized carbons (Fsp3) is 0.474. The molecule has 1 atom stereocenters. The third-order valence-electron chi connectivity index (χ3n) is 4.90. The van der Waals surface area contributed by atoms with Gasteiger partial charge in [-0.05, 0) is 49.3 Å². The lowest BCUT2D eigenvalue weighted by Gasteiger charge is -2.32. The van der Waals surface area contributed by atoms with Crippen LogP contribution in [0.25, 0.3) is 10.9 Å². The van der Waals surface area contributed by atoms with Crippen LogP contribution >= 0.6 is 0 Å². The van der Waals surface area contributed by atoms with Crippen molar-refractivity contribution < 1.29 is 14.7 Å². The van der Waals surface area contributed by atoms with E-state index in [2.05, 4.69) is 30.1 Å². The zero-order valence-electron chi connectivity index (χ0n) is 14.0. The highest BCUT2D eigenvalue weighted by Gasteiger charge is 2.24. The number of aromatic amines is 1. The number of hydrogen-bond donors (Lipinski definition) is 2. The Morgan fingerprint density at radius 2 is 2.21 bits per heavy atom. The van der Waals surface area contributed by atoms with Gasteiger partial charge in [0.25, 0.3) is 0 Å². The van der Waals surface area contributed by atoms with E-state index in [1.807, 2.05) is 11.1 Å². The van der Waals surface area contributed by atoms with Crippen LogP contribution in [0.4, 0.5) is 0 Å². The van der Waals surface area contributed by atoms with Crippen LogP contribution in [0.2, 0.25) is 0 Å². The summed E-state index contributed by atoms with van der Waals surface area (Å²) in [5.74, 6) is -0.312. The summed E-state index contributed by atoms with van der Waals surface area (Å²) < 4.78 is 0. The summed E-state index contributed by atoms with van der Waals surface area (Å²) in [5, 5.41) is 9.93. The molecule has 0 radical (unpaired) electrons. The molecule has 24 heavy (non-hydrogen) atoms. The fourth-order valence-corrected chi connectivity index (χ4v) is 3.58. The summed E-state index contributed by atoms with van der Waals surface area (Å²) in [4.78, 5) is 28.5. The minimum absolute atomic E-state index is 0.136. The van der Waals surface area contributed by atoms with Crippen molar-refractivity contribution in [3.05, 3.63) is 35.5 Å². The number of aryl methyl sites for hydroxylation is 1. The Labute approximate surface area is 141 Å². The zero-order chi connectivity index (χ0) is 17.1. The van der Waals surface area contributed by atoms with E-state index in [9.17, 15) is 9.59 Å². The van der Waals surface area contributed by atoms with Gasteiger partial charge < -0.3 is 15.0 Å². The Balaban J connectivity index is 1.64. The van der Waals surface area contributed by atoms with Gasteiger partial charge in [-0.15, -0.1) is 0 Å². The third-order valence-corrected chi connectivity index (χ3v) is 4.90. The van der Waals surface area contributed by atoms with Crippen molar-refractivity contribution in [2.75, 3.05) is 13.1 Å². The molecule has 3 rings (SSSR count). The average Bonchev–Trinajstić information content (AvgIpc) is 2.95. The van der Waals surface area contributed by atoms with Gasteiger partial charge in [-0.1, -0.05) is 12.1 Å². The Morgan fingerprint density at radius 1 is 1.38 bits per heavy atom. The molecule has 0 aliphatic carbocycles. The van der Waals surface area contributed by atoms with Crippen molar-refractivity contribution in [3.63, 3.8) is 0 Å². The topological polar surface area (TPSA) is 73.4 Å². The molecule has 2 aromatic rings. The van der Waals surface area contributed by atoms with E-state index >= 15 is 0 Å². The maximum atomic E-state index is 12.7. The van der Waals surface area contributed by atoms with E-state index in [0.717, 1.165) is 35.9 Å². The second-order valence-corrected chi connectivity index (χ2v) is 6.82. The molecule has 2 N–H and O–H groups in total. The first-order valence-electron chi connectivity index (χ1n) is 8.59. The number of aliphatic carboxylic acids is 1. The van der Waals surface area contributed by atoms with Gasteiger partial charge in [-0.3, -0.25) is 9.59 Å². The number of benzene rings is 1. The summed E-state index contributed by atoms with van der Waals surface area (Å²) in [6.07, 6.45) is 5.15. The highest BCUT2D eigenvalue weighted by molar-refractivity contribution is 5.89. The van der Waals surface area contributed by atoms with E-state index in [0.29, 0.717) is 25.3 Å². The van der Waals surface area contributed by atoms with Crippen LogP contribution < -0.4 is 0 Å². The molecule has 1 fully saturated rings. The number of nitrogens with one attached hydrogen (secondary N) is 1. The number of carbonyl (C=O) groups excluding carboxylic acids is 1. The highest BCUT2D eigenvalue weighted by Crippen LogP contribution is 2.24. The Morgan fingerprint density at radius 3 is 3.00 bits per heavy atom. The number of nitrogens with zero attached hydrogens (tertiary/aromatic N) is 1. The lowest BCUT2D eigenvalue weighted by molar-refractivity contribution is -0.137. The molecule has 1 saturated heterocycles. The zero-order valence-corrected chi connectivity index (χ0v) is 14.0. The van der Waals surface area contributed by atoms with E-state index in [4.69, 9.17) is 5.11 Å². The summed E-state index contributed by atoms with van der Waals surface area (Å²) in [5.41, 5.74) is 3.29. The van der Waals surface area contributed by atoms with Gasteiger partial charge >= 0.3 is 5.97 Å². The van der Waals surface area contributed by atoms with Gasteiger partial charge in [0.15, 0.2) is 0 Å². The second-order valence-electron chi connectivity index (χ2n) is 6.82. The SMILES string of the molecule is Cc1ccc2c(CC(=O)N3CCC[C@H](CCC(=O)O)C3)c[nH]c2c1. The summed E-state index contributed by atoms with van der Waals surface area (Å²) in [6.45, 7) is 3.52. The van der Waals surface area contributed by atoms with Crippen molar-refractivity contribution in [2.45, 2.75) is 39.0 Å². The van der Waals surface area contributed by atoms with Gasteiger partial charge in [-0.2, -0.15) is 0 Å². The Kier molecular flexibility index (Phi) is 4.88.